The van der Waals surface area contributed by atoms with Gasteiger partial charge in [-0.3, -0.25) is 14.5 Å². The summed E-state index contributed by atoms with van der Waals surface area (Å²) >= 11 is 5.81. The minimum absolute atomic E-state index is 0.0898. The van der Waals surface area contributed by atoms with Gasteiger partial charge in [0.05, 0.1) is 13.1 Å². The Balaban J connectivity index is 2.97. The Morgan fingerprint density at radius 1 is 1.11 bits per heavy atom. The highest BCUT2D eigenvalue weighted by Gasteiger charge is 2.22. The maximum Gasteiger partial charge on any atom is 0.231 e. The van der Waals surface area contributed by atoms with Crippen LogP contribution in [0.25, 0.3) is 0 Å². The molecule has 6 nitrogen and oxygen atoms in total. The van der Waals surface area contributed by atoms with E-state index in [1.54, 1.807) is 29.2 Å². The molecule has 0 spiro atoms. The number of halogens is 1. The number of carbonyl (C=O) groups excluding carboxylic acids is 2. The number of benzene rings is 1. The lowest BCUT2D eigenvalue weighted by molar-refractivity contribution is -0.122. The van der Waals surface area contributed by atoms with Crippen LogP contribution in [0.15, 0.2) is 24.3 Å². The van der Waals surface area contributed by atoms with Crippen LogP contribution in [0.5, 0.6) is 0 Å². The summed E-state index contributed by atoms with van der Waals surface area (Å²) in [6, 6.07) is 6.68. The Morgan fingerprint density at radius 2 is 1.58 bits per heavy atom. The average molecular weight is 285 g/mol. The van der Waals surface area contributed by atoms with Crippen molar-refractivity contribution >= 4 is 23.4 Å². The Bertz CT molecular complexity index is 434. The number of carbonyl (C=O) groups is 2. The number of amides is 2. The van der Waals surface area contributed by atoms with E-state index < -0.39 is 11.8 Å². The average Bonchev–Trinajstić information content (AvgIpc) is 2.30. The molecule has 104 valence electrons. The molecule has 0 saturated heterocycles. The van der Waals surface area contributed by atoms with Crippen molar-refractivity contribution in [2.24, 2.45) is 17.2 Å². The van der Waals surface area contributed by atoms with Gasteiger partial charge in [-0.05, 0) is 17.7 Å². The van der Waals surface area contributed by atoms with Crippen LogP contribution in [0, 0.1) is 0 Å². The second-order valence-corrected chi connectivity index (χ2v) is 4.58. The molecule has 0 bridgehead atoms. The first kappa shape index (κ1) is 15.4. The van der Waals surface area contributed by atoms with Gasteiger partial charge in [-0.25, -0.2) is 0 Å². The molecular formula is C12H17ClN4O2. The van der Waals surface area contributed by atoms with Crippen molar-refractivity contribution in [3.05, 3.63) is 34.9 Å². The normalized spacial score (nSPS) is 12.4. The van der Waals surface area contributed by atoms with E-state index in [1.807, 2.05) is 0 Å². The minimum atomic E-state index is -0.548. The van der Waals surface area contributed by atoms with Crippen LogP contribution < -0.4 is 17.2 Å². The van der Waals surface area contributed by atoms with Gasteiger partial charge in [0.25, 0.3) is 0 Å². The first-order valence-corrected chi connectivity index (χ1v) is 6.08. The van der Waals surface area contributed by atoms with Crippen LogP contribution >= 0.6 is 11.6 Å². The van der Waals surface area contributed by atoms with Crippen LogP contribution in [-0.4, -0.2) is 36.3 Å². The van der Waals surface area contributed by atoms with Crippen molar-refractivity contribution in [3.8, 4) is 0 Å². The van der Waals surface area contributed by atoms with Crippen molar-refractivity contribution in [2.45, 2.75) is 6.04 Å². The second kappa shape index (κ2) is 7.08. The molecule has 0 heterocycles. The fourth-order valence-corrected chi connectivity index (χ4v) is 1.98. The lowest BCUT2D eigenvalue weighted by Crippen LogP contribution is -2.44. The van der Waals surface area contributed by atoms with Crippen LogP contribution in [-0.2, 0) is 9.59 Å². The van der Waals surface area contributed by atoms with Gasteiger partial charge < -0.3 is 17.2 Å². The van der Waals surface area contributed by atoms with E-state index in [9.17, 15) is 9.59 Å². The third-order valence-corrected chi connectivity index (χ3v) is 2.89. The summed E-state index contributed by atoms with van der Waals surface area (Å²) in [7, 11) is 0. The third-order valence-electron chi connectivity index (χ3n) is 2.64. The van der Waals surface area contributed by atoms with Gasteiger partial charge in [-0.15, -0.1) is 0 Å². The molecular weight excluding hydrogens is 268 g/mol. The number of primary amides is 2. The van der Waals surface area contributed by atoms with Crippen LogP contribution in [0.3, 0.4) is 0 Å². The van der Waals surface area contributed by atoms with Crippen LogP contribution in [0.2, 0.25) is 5.02 Å². The Hall–Kier alpha value is -1.63. The molecule has 0 fully saturated rings. The molecule has 2 amide bonds. The van der Waals surface area contributed by atoms with E-state index in [2.05, 4.69) is 0 Å². The highest BCUT2D eigenvalue weighted by Crippen LogP contribution is 2.21. The molecule has 0 aromatic heterocycles. The SMILES string of the molecule is NCC(c1ccc(Cl)cc1)N(CC(N)=O)CC(N)=O. The monoisotopic (exact) mass is 284 g/mol. The van der Waals surface area contributed by atoms with Gasteiger partial charge in [0, 0.05) is 17.6 Å². The number of hydrogen-bond acceptors (Lipinski definition) is 4. The van der Waals surface area contributed by atoms with Crippen molar-refractivity contribution in [1.82, 2.24) is 4.90 Å². The van der Waals surface area contributed by atoms with E-state index in [-0.39, 0.29) is 25.7 Å². The molecule has 1 aromatic rings. The number of nitrogens with two attached hydrogens (primary N) is 3. The topological polar surface area (TPSA) is 115 Å². The number of hydrogen-bond donors (Lipinski definition) is 3. The molecule has 0 aliphatic carbocycles. The summed E-state index contributed by atoms with van der Waals surface area (Å²) in [5.41, 5.74) is 16.9. The fourth-order valence-electron chi connectivity index (χ4n) is 1.86. The number of nitrogens with zero attached hydrogens (tertiary/aromatic N) is 1. The van der Waals surface area contributed by atoms with E-state index in [0.29, 0.717) is 5.02 Å². The Kier molecular flexibility index (Phi) is 5.75. The third kappa shape index (κ3) is 4.86. The summed E-state index contributed by atoms with van der Waals surface area (Å²) in [4.78, 5) is 23.7. The fraction of sp³-hybridized carbons (Fsp3) is 0.333. The molecule has 0 aliphatic heterocycles. The van der Waals surface area contributed by atoms with Crippen LogP contribution in [0.1, 0.15) is 11.6 Å². The molecule has 1 atom stereocenters. The molecule has 0 radical (unpaired) electrons. The molecule has 7 heteroatoms. The van der Waals surface area contributed by atoms with Crippen molar-refractivity contribution in [1.29, 1.82) is 0 Å². The predicted molar refractivity (Wildman–Crippen MR) is 73.2 cm³/mol. The highest BCUT2D eigenvalue weighted by atomic mass is 35.5. The summed E-state index contributed by atoms with van der Waals surface area (Å²) in [6.07, 6.45) is 0. The van der Waals surface area contributed by atoms with Gasteiger partial charge in [0.2, 0.25) is 11.8 Å². The maximum atomic E-state index is 11.1. The second-order valence-electron chi connectivity index (χ2n) is 4.14. The van der Waals surface area contributed by atoms with E-state index >= 15 is 0 Å². The van der Waals surface area contributed by atoms with Crippen molar-refractivity contribution in [3.63, 3.8) is 0 Å². The zero-order chi connectivity index (χ0) is 14.4. The molecule has 0 aliphatic rings. The minimum Gasteiger partial charge on any atom is -0.369 e. The zero-order valence-corrected chi connectivity index (χ0v) is 11.1. The van der Waals surface area contributed by atoms with Gasteiger partial charge >= 0.3 is 0 Å². The molecule has 0 saturated carbocycles. The quantitative estimate of drug-likeness (QED) is 0.632. The maximum absolute atomic E-state index is 11.1. The number of rotatable bonds is 7. The summed E-state index contributed by atoms with van der Waals surface area (Å²) in [6.45, 7) is 0.0447. The van der Waals surface area contributed by atoms with Gasteiger partial charge in [0.15, 0.2) is 0 Å². The molecule has 1 rings (SSSR count). The van der Waals surface area contributed by atoms with Crippen molar-refractivity contribution in [2.75, 3.05) is 19.6 Å². The molecule has 1 aromatic carbocycles. The van der Waals surface area contributed by atoms with Gasteiger partial charge in [-0.2, -0.15) is 0 Å². The van der Waals surface area contributed by atoms with Gasteiger partial charge in [0.1, 0.15) is 0 Å². The standard InChI is InChI=1S/C12H17ClN4O2/c13-9-3-1-8(2-4-9)10(5-14)17(6-11(15)18)7-12(16)19/h1-4,10H,5-7,14H2,(H2,15,18)(H2,16,19). The van der Waals surface area contributed by atoms with E-state index in [1.165, 1.54) is 0 Å². The highest BCUT2D eigenvalue weighted by molar-refractivity contribution is 6.30. The summed E-state index contributed by atoms with van der Waals surface area (Å²) in [5, 5.41) is 0.593. The van der Waals surface area contributed by atoms with E-state index in [0.717, 1.165) is 5.56 Å². The first-order chi connectivity index (χ1) is 8.93. The van der Waals surface area contributed by atoms with E-state index in [4.69, 9.17) is 28.8 Å². The lowest BCUT2D eigenvalue weighted by atomic mass is 10.1. The Labute approximate surface area is 116 Å². The zero-order valence-electron chi connectivity index (χ0n) is 10.4. The van der Waals surface area contributed by atoms with Crippen LogP contribution in [0.4, 0.5) is 0 Å². The van der Waals surface area contributed by atoms with Crippen molar-refractivity contribution < 1.29 is 9.59 Å². The molecule has 1 unspecified atom stereocenters. The summed E-state index contributed by atoms with van der Waals surface area (Å²) in [5.74, 6) is -1.10. The van der Waals surface area contributed by atoms with Gasteiger partial charge in [-0.1, -0.05) is 23.7 Å². The molecule has 6 N–H and O–H groups in total. The largest absolute Gasteiger partial charge is 0.369 e. The smallest absolute Gasteiger partial charge is 0.231 e. The molecule has 19 heavy (non-hydrogen) atoms. The predicted octanol–water partition coefficient (Wildman–Crippen LogP) is -0.388. The lowest BCUT2D eigenvalue weighted by Gasteiger charge is -2.29. The first-order valence-electron chi connectivity index (χ1n) is 5.70. The Morgan fingerprint density at radius 3 is 1.95 bits per heavy atom. The summed E-state index contributed by atoms with van der Waals surface area (Å²) < 4.78 is 0.